The van der Waals surface area contributed by atoms with Gasteiger partial charge < -0.3 is 10.8 Å². The van der Waals surface area contributed by atoms with Gasteiger partial charge in [-0.1, -0.05) is 6.92 Å². The highest BCUT2D eigenvalue weighted by Gasteiger charge is 1.68. The summed E-state index contributed by atoms with van der Waals surface area (Å²) in [6.07, 6.45) is -0.588. The van der Waals surface area contributed by atoms with Crippen molar-refractivity contribution >= 4 is 0 Å². The minimum absolute atomic E-state index is 0.250. The number of hydrogen-bond donors (Lipinski definition) is 1. The maximum absolute atomic E-state index is 9.77. The molecule has 0 fully saturated rings. The third-order valence-electron chi connectivity index (χ3n) is 0.332. The predicted octanol–water partition coefficient (Wildman–Crippen LogP) is -1.31. The first-order chi connectivity index (χ1) is 2.27. The largest absolute Gasteiger partial charge is 0.851 e. The molecule has 1 atom stereocenters. The lowest BCUT2D eigenvalue weighted by atomic mass is 10.4. The quantitative estimate of drug-likeness (QED) is 0.420. The topological polar surface area (TPSA) is 49.1 Å². The standard InChI is InChI=1S/C3H8NO/c1-3(5)2-4/h3H,2,4H2,1H3/q-1/t3-/m0/s1. The molecule has 0 saturated heterocycles. The van der Waals surface area contributed by atoms with Crippen LogP contribution in [0.5, 0.6) is 0 Å². The number of hydrogen-bond acceptors (Lipinski definition) is 2. The molecule has 32 valence electrons. The van der Waals surface area contributed by atoms with Gasteiger partial charge in [-0.15, -0.1) is 6.10 Å². The van der Waals surface area contributed by atoms with Crippen LogP contribution >= 0.6 is 0 Å². The van der Waals surface area contributed by atoms with Crippen LogP contribution in [0.2, 0.25) is 0 Å². The van der Waals surface area contributed by atoms with Gasteiger partial charge in [0.25, 0.3) is 0 Å². The summed E-state index contributed by atoms with van der Waals surface area (Å²) < 4.78 is 0. The molecule has 0 rings (SSSR count). The molecule has 0 aromatic rings. The first kappa shape index (κ1) is 4.92. The first-order valence-corrected chi connectivity index (χ1v) is 1.63. The summed E-state index contributed by atoms with van der Waals surface area (Å²) in [6.45, 7) is 1.79. The van der Waals surface area contributed by atoms with Crippen molar-refractivity contribution in [1.29, 1.82) is 0 Å². The second-order valence-corrected chi connectivity index (χ2v) is 1.05. The SMILES string of the molecule is C[C@H]([O-])CN. The minimum atomic E-state index is -0.588. The number of nitrogens with two attached hydrogens (primary N) is 1. The molecule has 0 aliphatic carbocycles. The maximum Gasteiger partial charge on any atom is -0.0205 e. The van der Waals surface area contributed by atoms with Crippen molar-refractivity contribution in [1.82, 2.24) is 0 Å². The molecule has 2 heteroatoms. The van der Waals surface area contributed by atoms with Gasteiger partial charge in [0.05, 0.1) is 0 Å². The normalized spacial score (nSPS) is 15.0. The summed E-state index contributed by atoms with van der Waals surface area (Å²) in [6, 6.07) is 0. The third-order valence-corrected chi connectivity index (χ3v) is 0.332. The summed E-state index contributed by atoms with van der Waals surface area (Å²) in [4.78, 5) is 0. The van der Waals surface area contributed by atoms with Crippen LogP contribution in [0.4, 0.5) is 0 Å². The Labute approximate surface area is 31.6 Å². The summed E-state index contributed by atoms with van der Waals surface area (Å²) in [5.74, 6) is 0. The zero-order chi connectivity index (χ0) is 4.28. The second kappa shape index (κ2) is 2.18. The Bertz CT molecular complexity index is 20.9. The van der Waals surface area contributed by atoms with Crippen LogP contribution in [-0.2, 0) is 0 Å². The summed E-state index contributed by atoms with van der Waals surface area (Å²) in [5.41, 5.74) is 4.86. The molecule has 0 saturated carbocycles. The highest BCUT2D eigenvalue weighted by molar-refractivity contribution is 4.37. The highest BCUT2D eigenvalue weighted by Crippen LogP contribution is 1.58. The van der Waals surface area contributed by atoms with Crippen LogP contribution < -0.4 is 10.8 Å². The van der Waals surface area contributed by atoms with Gasteiger partial charge in [-0.05, 0) is 6.54 Å². The molecule has 0 heterocycles. The van der Waals surface area contributed by atoms with Crippen LogP contribution in [0, 0.1) is 0 Å². The average molecular weight is 74.1 g/mol. The van der Waals surface area contributed by atoms with E-state index in [9.17, 15) is 5.11 Å². The van der Waals surface area contributed by atoms with E-state index in [0.717, 1.165) is 0 Å². The zero-order valence-electron chi connectivity index (χ0n) is 3.27. The van der Waals surface area contributed by atoms with Crippen LogP contribution in [0.1, 0.15) is 6.92 Å². The van der Waals surface area contributed by atoms with E-state index in [-0.39, 0.29) is 6.54 Å². The molecule has 0 unspecified atom stereocenters. The highest BCUT2D eigenvalue weighted by atomic mass is 16.3. The van der Waals surface area contributed by atoms with Gasteiger partial charge in [0, 0.05) is 0 Å². The molecule has 0 amide bonds. The maximum atomic E-state index is 9.77. The minimum Gasteiger partial charge on any atom is -0.851 e. The molecule has 0 aliphatic heterocycles. The Morgan fingerprint density at radius 1 is 2.00 bits per heavy atom. The van der Waals surface area contributed by atoms with E-state index in [0.29, 0.717) is 0 Å². The van der Waals surface area contributed by atoms with Crippen molar-refractivity contribution in [3.8, 4) is 0 Å². The fourth-order valence-electron chi connectivity index (χ4n) is 0. The van der Waals surface area contributed by atoms with Crippen molar-refractivity contribution in [2.45, 2.75) is 13.0 Å². The van der Waals surface area contributed by atoms with Crippen LogP contribution in [0.3, 0.4) is 0 Å². The van der Waals surface area contributed by atoms with E-state index in [2.05, 4.69) is 0 Å². The van der Waals surface area contributed by atoms with Gasteiger partial charge in [-0.3, -0.25) is 0 Å². The molecule has 0 aromatic carbocycles. The lowest BCUT2D eigenvalue weighted by Gasteiger charge is -2.09. The summed E-state index contributed by atoms with van der Waals surface area (Å²) in [7, 11) is 0. The van der Waals surface area contributed by atoms with Crippen LogP contribution in [-0.4, -0.2) is 12.6 Å². The van der Waals surface area contributed by atoms with E-state index in [4.69, 9.17) is 5.73 Å². The fraction of sp³-hybridized carbons (Fsp3) is 1.00. The van der Waals surface area contributed by atoms with Gasteiger partial charge in [0.15, 0.2) is 0 Å². The first-order valence-electron chi connectivity index (χ1n) is 1.63. The summed E-state index contributed by atoms with van der Waals surface area (Å²) >= 11 is 0. The molecule has 0 aromatic heterocycles. The lowest BCUT2D eigenvalue weighted by molar-refractivity contribution is -0.410. The van der Waals surface area contributed by atoms with Gasteiger partial charge in [0.2, 0.25) is 0 Å². The molecule has 0 radical (unpaired) electrons. The average Bonchev–Trinajstić information content (AvgIpc) is 1.38. The van der Waals surface area contributed by atoms with Gasteiger partial charge in [0.1, 0.15) is 0 Å². The lowest BCUT2D eigenvalue weighted by Crippen LogP contribution is -2.29. The van der Waals surface area contributed by atoms with Gasteiger partial charge >= 0.3 is 0 Å². The smallest absolute Gasteiger partial charge is 0.0205 e. The van der Waals surface area contributed by atoms with E-state index < -0.39 is 6.10 Å². The van der Waals surface area contributed by atoms with Crippen molar-refractivity contribution in [2.75, 3.05) is 6.54 Å². The molecular weight excluding hydrogens is 66.0 g/mol. The molecule has 5 heavy (non-hydrogen) atoms. The van der Waals surface area contributed by atoms with Crippen molar-refractivity contribution in [2.24, 2.45) is 5.73 Å². The van der Waals surface area contributed by atoms with Crippen molar-refractivity contribution < 1.29 is 5.11 Å². The Hall–Kier alpha value is -0.0800. The monoisotopic (exact) mass is 74.1 g/mol. The van der Waals surface area contributed by atoms with Crippen molar-refractivity contribution in [3.63, 3.8) is 0 Å². The molecule has 0 bridgehead atoms. The third kappa shape index (κ3) is 3.92. The van der Waals surface area contributed by atoms with Gasteiger partial charge in [-0.2, -0.15) is 0 Å². The Morgan fingerprint density at radius 2 is 2.20 bits per heavy atom. The van der Waals surface area contributed by atoms with E-state index in [1.807, 2.05) is 0 Å². The van der Waals surface area contributed by atoms with E-state index in [1.165, 1.54) is 0 Å². The van der Waals surface area contributed by atoms with E-state index in [1.54, 1.807) is 6.92 Å². The fourth-order valence-corrected chi connectivity index (χ4v) is 0. The Kier molecular flexibility index (Phi) is 2.14. The molecule has 0 spiro atoms. The van der Waals surface area contributed by atoms with E-state index >= 15 is 0 Å². The second-order valence-electron chi connectivity index (χ2n) is 1.05. The summed E-state index contributed by atoms with van der Waals surface area (Å²) in [5, 5.41) is 9.77. The Balaban J connectivity index is 2.54. The molecule has 2 nitrogen and oxygen atoms in total. The zero-order valence-corrected chi connectivity index (χ0v) is 3.27. The number of rotatable bonds is 1. The predicted molar refractivity (Wildman–Crippen MR) is 18.5 cm³/mol. The molecule has 0 aliphatic rings. The van der Waals surface area contributed by atoms with Gasteiger partial charge in [-0.25, -0.2) is 0 Å². The molecule has 2 N–H and O–H groups in total. The Morgan fingerprint density at radius 3 is 2.20 bits per heavy atom. The van der Waals surface area contributed by atoms with Crippen molar-refractivity contribution in [3.05, 3.63) is 0 Å². The molecular formula is C3H8NO-. The van der Waals surface area contributed by atoms with Crippen LogP contribution in [0.25, 0.3) is 0 Å². The van der Waals surface area contributed by atoms with Crippen LogP contribution in [0.15, 0.2) is 0 Å².